The molecule has 1 fully saturated rings. The molecule has 0 unspecified atom stereocenters. The topological polar surface area (TPSA) is 91.8 Å². The molecule has 0 saturated carbocycles. The van der Waals surface area contributed by atoms with Crippen LogP contribution in [0.15, 0.2) is 47.3 Å². The van der Waals surface area contributed by atoms with Crippen molar-refractivity contribution in [2.24, 2.45) is 5.73 Å². The molecule has 1 atom stereocenters. The Morgan fingerprint density at radius 2 is 1.86 bits per heavy atom. The number of halogens is 5. The molecule has 1 saturated heterocycles. The molecule has 0 radical (unpaired) electrons. The lowest BCUT2D eigenvalue weighted by molar-refractivity contribution is -0.137. The summed E-state index contributed by atoms with van der Waals surface area (Å²) >= 11 is 0. The number of nitrogens with two attached hydrogens (primary N) is 1. The van der Waals surface area contributed by atoms with E-state index in [0.29, 0.717) is 44.6 Å². The molecule has 37 heavy (non-hydrogen) atoms. The summed E-state index contributed by atoms with van der Waals surface area (Å²) in [5.74, 6) is -3.08. The summed E-state index contributed by atoms with van der Waals surface area (Å²) in [6, 6.07) is 7.04. The number of ether oxygens (including phenoxy) is 3. The zero-order valence-corrected chi connectivity index (χ0v) is 19.2. The number of hydrogen-bond acceptors (Lipinski definition) is 7. The van der Waals surface area contributed by atoms with Gasteiger partial charge in [0.25, 0.3) is 0 Å². The van der Waals surface area contributed by atoms with Gasteiger partial charge in [0.2, 0.25) is 5.88 Å². The van der Waals surface area contributed by atoms with Crippen LogP contribution in [0, 0.1) is 11.6 Å². The first-order valence-electron chi connectivity index (χ1n) is 11.3. The van der Waals surface area contributed by atoms with Crippen molar-refractivity contribution in [1.29, 1.82) is 0 Å². The lowest BCUT2D eigenvalue weighted by atomic mass is 10.0. The maximum absolute atomic E-state index is 14.6. The van der Waals surface area contributed by atoms with E-state index in [2.05, 4.69) is 4.98 Å². The number of alkyl halides is 3. The SMILES string of the molecule is N[C@]12CCn3c(cc(OCc4cc(F)c(Oc5cccc(C(F)(F)F)c5)c(F)c4)nc3=O)N1CCOC2. The number of nitrogens with zero attached hydrogens (tertiary/aromatic N) is 3. The fourth-order valence-electron chi connectivity index (χ4n) is 4.35. The van der Waals surface area contributed by atoms with Crippen molar-refractivity contribution in [2.75, 3.05) is 24.7 Å². The normalized spacial score (nSPS) is 19.2. The van der Waals surface area contributed by atoms with Gasteiger partial charge in [-0.05, 0) is 35.9 Å². The average Bonchev–Trinajstić information content (AvgIpc) is 2.84. The van der Waals surface area contributed by atoms with Crippen LogP contribution in [0.25, 0.3) is 0 Å². The molecule has 5 rings (SSSR count). The van der Waals surface area contributed by atoms with Crippen molar-refractivity contribution in [3.05, 3.63) is 75.7 Å². The second kappa shape index (κ2) is 9.30. The highest BCUT2D eigenvalue weighted by Crippen LogP contribution is 2.35. The Kier molecular flexibility index (Phi) is 6.28. The maximum atomic E-state index is 14.6. The van der Waals surface area contributed by atoms with Gasteiger partial charge in [-0.25, -0.2) is 13.6 Å². The van der Waals surface area contributed by atoms with E-state index in [0.717, 1.165) is 30.3 Å². The second-order valence-electron chi connectivity index (χ2n) is 8.75. The van der Waals surface area contributed by atoms with Crippen LogP contribution in [0.5, 0.6) is 17.4 Å². The molecule has 0 amide bonds. The minimum Gasteiger partial charge on any atom is -0.473 e. The molecule has 2 N–H and O–H groups in total. The Balaban J connectivity index is 1.34. The predicted molar refractivity (Wildman–Crippen MR) is 120 cm³/mol. The molecule has 3 aromatic rings. The van der Waals surface area contributed by atoms with E-state index in [1.54, 1.807) is 0 Å². The molecule has 1 aromatic heterocycles. The summed E-state index contributed by atoms with van der Waals surface area (Å²) in [7, 11) is 0. The highest BCUT2D eigenvalue weighted by Gasteiger charge is 2.41. The van der Waals surface area contributed by atoms with Crippen molar-refractivity contribution in [2.45, 2.75) is 31.4 Å². The van der Waals surface area contributed by atoms with Gasteiger partial charge in [-0.3, -0.25) is 4.57 Å². The quantitative estimate of drug-likeness (QED) is 0.508. The molecule has 0 aliphatic carbocycles. The first-order chi connectivity index (χ1) is 17.5. The van der Waals surface area contributed by atoms with Gasteiger partial charge in [-0.15, -0.1) is 0 Å². The van der Waals surface area contributed by atoms with Crippen LogP contribution in [0.1, 0.15) is 17.5 Å². The van der Waals surface area contributed by atoms with Crippen molar-refractivity contribution in [1.82, 2.24) is 9.55 Å². The van der Waals surface area contributed by atoms with Gasteiger partial charge in [-0.1, -0.05) is 6.07 Å². The van der Waals surface area contributed by atoms with Gasteiger partial charge in [0.05, 0.1) is 18.8 Å². The number of morpholine rings is 1. The molecular weight excluding hydrogens is 503 g/mol. The van der Waals surface area contributed by atoms with Crippen LogP contribution in [0.3, 0.4) is 0 Å². The third-order valence-corrected chi connectivity index (χ3v) is 6.19. The third kappa shape index (κ3) is 4.96. The standard InChI is InChI=1S/C24H21F5N4O4/c25-17-8-14(9-18(26)21(17)37-16-3-1-2-15(10-16)24(27,28)29)12-36-19-11-20-32(22(34)31-19)5-4-23(30)13-35-7-6-33(20)23/h1-3,8-11H,4-7,12-13,30H2/t23-/m1/s1. The van der Waals surface area contributed by atoms with Gasteiger partial charge < -0.3 is 24.8 Å². The Bertz CT molecular complexity index is 1370. The highest BCUT2D eigenvalue weighted by atomic mass is 19.4. The average molecular weight is 524 g/mol. The molecule has 0 spiro atoms. The molecule has 8 nitrogen and oxygen atoms in total. The molecule has 3 heterocycles. The van der Waals surface area contributed by atoms with Crippen LogP contribution < -0.4 is 25.8 Å². The number of fused-ring (bicyclic) bond motifs is 3. The van der Waals surface area contributed by atoms with E-state index < -0.39 is 40.5 Å². The van der Waals surface area contributed by atoms with E-state index in [-0.39, 0.29) is 23.8 Å². The van der Waals surface area contributed by atoms with Crippen LogP contribution in [0.2, 0.25) is 0 Å². The lowest BCUT2D eigenvalue weighted by Gasteiger charge is -2.49. The van der Waals surface area contributed by atoms with Gasteiger partial charge in [-0.2, -0.15) is 18.2 Å². The lowest BCUT2D eigenvalue weighted by Crippen LogP contribution is -2.66. The Morgan fingerprint density at radius 1 is 1.11 bits per heavy atom. The van der Waals surface area contributed by atoms with Gasteiger partial charge >= 0.3 is 11.9 Å². The van der Waals surface area contributed by atoms with Crippen LogP contribution in [-0.2, 0) is 24.1 Å². The monoisotopic (exact) mass is 524 g/mol. The summed E-state index contributed by atoms with van der Waals surface area (Å²) < 4.78 is 85.5. The molecular formula is C24H21F5N4O4. The van der Waals surface area contributed by atoms with E-state index in [1.807, 2.05) is 4.90 Å². The summed E-state index contributed by atoms with van der Waals surface area (Å²) in [5, 5.41) is 0. The van der Waals surface area contributed by atoms with Gasteiger partial charge in [0.1, 0.15) is 23.8 Å². The summed E-state index contributed by atoms with van der Waals surface area (Å²) in [6.07, 6.45) is -4.15. The summed E-state index contributed by atoms with van der Waals surface area (Å²) in [4.78, 5) is 18.3. The molecule has 2 aliphatic rings. The van der Waals surface area contributed by atoms with Crippen LogP contribution in [0.4, 0.5) is 27.8 Å². The number of aromatic nitrogens is 2. The van der Waals surface area contributed by atoms with Crippen molar-refractivity contribution >= 4 is 5.82 Å². The van der Waals surface area contributed by atoms with Crippen molar-refractivity contribution in [3.8, 4) is 17.4 Å². The summed E-state index contributed by atoms with van der Waals surface area (Å²) in [6.45, 7) is 1.20. The van der Waals surface area contributed by atoms with Gasteiger partial charge in [0, 0.05) is 25.6 Å². The Hall–Kier alpha value is -3.71. The summed E-state index contributed by atoms with van der Waals surface area (Å²) in [5.41, 5.74) is 4.15. The largest absolute Gasteiger partial charge is 0.473 e. The minimum atomic E-state index is -4.64. The molecule has 196 valence electrons. The highest BCUT2D eigenvalue weighted by molar-refractivity contribution is 5.47. The van der Waals surface area contributed by atoms with Crippen LogP contribution in [-0.4, -0.2) is 35.0 Å². The zero-order valence-electron chi connectivity index (χ0n) is 19.2. The molecule has 2 aliphatic heterocycles. The fraction of sp³-hybridized carbons (Fsp3) is 0.333. The predicted octanol–water partition coefficient (Wildman–Crippen LogP) is 3.81. The van der Waals surface area contributed by atoms with E-state index >= 15 is 0 Å². The molecule has 13 heteroatoms. The van der Waals surface area contributed by atoms with Crippen molar-refractivity contribution in [3.63, 3.8) is 0 Å². The minimum absolute atomic E-state index is 0.0468. The number of hydrogen-bond donors (Lipinski definition) is 1. The second-order valence-corrected chi connectivity index (χ2v) is 8.75. The maximum Gasteiger partial charge on any atom is 0.416 e. The number of rotatable bonds is 5. The smallest absolute Gasteiger partial charge is 0.416 e. The van der Waals surface area contributed by atoms with E-state index in [1.165, 1.54) is 10.6 Å². The Labute approximate surface area is 207 Å². The van der Waals surface area contributed by atoms with E-state index in [4.69, 9.17) is 19.9 Å². The number of anilines is 1. The third-order valence-electron chi connectivity index (χ3n) is 6.19. The number of benzene rings is 2. The zero-order chi connectivity index (χ0) is 26.4. The molecule has 2 aromatic carbocycles. The first kappa shape index (κ1) is 25.0. The van der Waals surface area contributed by atoms with Crippen molar-refractivity contribution < 1.29 is 36.2 Å². The van der Waals surface area contributed by atoms with E-state index in [9.17, 15) is 26.7 Å². The molecule has 0 bridgehead atoms. The fourth-order valence-corrected chi connectivity index (χ4v) is 4.35. The van der Waals surface area contributed by atoms with Crippen LogP contribution >= 0.6 is 0 Å². The first-order valence-corrected chi connectivity index (χ1v) is 11.3. The van der Waals surface area contributed by atoms with Gasteiger partial charge in [0.15, 0.2) is 17.4 Å². The Morgan fingerprint density at radius 3 is 2.59 bits per heavy atom.